The van der Waals surface area contributed by atoms with E-state index in [-0.39, 0.29) is 5.41 Å². The predicted molar refractivity (Wildman–Crippen MR) is 60.5 cm³/mol. The first-order chi connectivity index (χ1) is 6.07. The van der Waals surface area contributed by atoms with Crippen LogP contribution in [0.4, 0.5) is 0 Å². The van der Waals surface area contributed by atoms with Crippen LogP contribution < -0.4 is 0 Å². The quantitative estimate of drug-likeness (QED) is 0.584. The highest BCUT2D eigenvalue weighted by molar-refractivity contribution is 7.17. The van der Waals surface area contributed by atoms with Crippen molar-refractivity contribution in [2.24, 2.45) is 0 Å². The first-order valence-corrected chi connectivity index (χ1v) is 5.43. The first kappa shape index (κ1) is 8.76. The molecule has 0 fully saturated rings. The molecule has 2 aromatic rings. The van der Waals surface area contributed by atoms with Crippen molar-refractivity contribution in [1.29, 1.82) is 0 Å². The minimum atomic E-state index is 0.262. The number of fused-ring (bicyclic) bond motifs is 1. The Morgan fingerprint density at radius 3 is 2.54 bits per heavy atom. The normalized spacial score (nSPS) is 12.2. The Hall–Kier alpha value is -0.820. The van der Waals surface area contributed by atoms with Crippen LogP contribution in [0.5, 0.6) is 0 Å². The smallest absolute Gasteiger partial charge is 0.0345 e. The van der Waals surface area contributed by atoms with Crippen LogP contribution in [0.1, 0.15) is 26.3 Å². The lowest BCUT2D eigenvalue weighted by molar-refractivity contribution is 0.591. The highest BCUT2D eigenvalue weighted by Crippen LogP contribution is 2.28. The monoisotopic (exact) mass is 190 g/mol. The summed E-state index contributed by atoms with van der Waals surface area (Å²) in [6, 6.07) is 8.92. The van der Waals surface area contributed by atoms with Gasteiger partial charge in [-0.05, 0) is 33.9 Å². The Kier molecular flexibility index (Phi) is 1.92. The van der Waals surface area contributed by atoms with Crippen LogP contribution in [-0.4, -0.2) is 0 Å². The maximum Gasteiger partial charge on any atom is 0.0345 e. The van der Waals surface area contributed by atoms with Gasteiger partial charge in [-0.2, -0.15) is 0 Å². The molecule has 1 heterocycles. The molecule has 0 spiro atoms. The third-order valence-electron chi connectivity index (χ3n) is 2.32. The molecule has 13 heavy (non-hydrogen) atoms. The van der Waals surface area contributed by atoms with E-state index in [1.807, 2.05) is 11.3 Å². The molecule has 0 saturated heterocycles. The van der Waals surface area contributed by atoms with Gasteiger partial charge in [-0.3, -0.25) is 0 Å². The van der Waals surface area contributed by atoms with Crippen molar-refractivity contribution in [2.45, 2.75) is 26.2 Å². The van der Waals surface area contributed by atoms with Crippen molar-refractivity contribution in [3.63, 3.8) is 0 Å². The Labute approximate surface area is 83.2 Å². The van der Waals surface area contributed by atoms with E-state index in [0.29, 0.717) is 0 Å². The minimum Gasteiger partial charge on any atom is -0.144 e. The fourth-order valence-electron chi connectivity index (χ4n) is 1.42. The van der Waals surface area contributed by atoms with Crippen LogP contribution >= 0.6 is 11.3 Å². The molecular weight excluding hydrogens is 176 g/mol. The summed E-state index contributed by atoms with van der Waals surface area (Å²) in [7, 11) is 0. The van der Waals surface area contributed by atoms with Crippen molar-refractivity contribution < 1.29 is 0 Å². The molecule has 0 nitrogen and oxygen atoms in total. The fraction of sp³-hybridized carbons (Fsp3) is 0.333. The zero-order valence-electron chi connectivity index (χ0n) is 8.29. The predicted octanol–water partition coefficient (Wildman–Crippen LogP) is 4.20. The second kappa shape index (κ2) is 2.85. The first-order valence-electron chi connectivity index (χ1n) is 4.55. The third-order valence-corrected chi connectivity index (χ3v) is 3.20. The number of thiophene rings is 1. The molecule has 0 saturated carbocycles. The topological polar surface area (TPSA) is 0 Å². The molecule has 0 amide bonds. The summed E-state index contributed by atoms with van der Waals surface area (Å²) >= 11 is 1.82. The standard InChI is InChI=1S/C12H14S/c1-12(2,3)10-5-4-9-6-7-13-11(9)8-10/h4-8H,1-3H3. The van der Waals surface area contributed by atoms with Crippen LogP contribution in [0.15, 0.2) is 29.6 Å². The number of rotatable bonds is 0. The van der Waals surface area contributed by atoms with Gasteiger partial charge in [0.05, 0.1) is 0 Å². The van der Waals surface area contributed by atoms with Gasteiger partial charge in [-0.25, -0.2) is 0 Å². The van der Waals surface area contributed by atoms with Crippen molar-refractivity contribution in [3.8, 4) is 0 Å². The highest BCUT2D eigenvalue weighted by Gasteiger charge is 2.13. The van der Waals surface area contributed by atoms with Crippen LogP contribution in [0.25, 0.3) is 10.1 Å². The van der Waals surface area contributed by atoms with Gasteiger partial charge in [-0.15, -0.1) is 11.3 Å². The maximum absolute atomic E-state index is 2.31. The minimum absolute atomic E-state index is 0.262. The van der Waals surface area contributed by atoms with E-state index < -0.39 is 0 Å². The summed E-state index contributed by atoms with van der Waals surface area (Å²) in [5.74, 6) is 0. The molecule has 0 unspecified atom stereocenters. The molecule has 68 valence electrons. The lowest BCUT2D eigenvalue weighted by Gasteiger charge is -2.18. The summed E-state index contributed by atoms with van der Waals surface area (Å²) in [5.41, 5.74) is 1.68. The molecule has 0 aliphatic carbocycles. The Morgan fingerprint density at radius 1 is 1.08 bits per heavy atom. The van der Waals surface area contributed by atoms with Gasteiger partial charge in [0.25, 0.3) is 0 Å². The zero-order valence-corrected chi connectivity index (χ0v) is 9.11. The summed E-state index contributed by atoms with van der Waals surface area (Å²) in [6.07, 6.45) is 0. The molecule has 1 heteroatoms. The third kappa shape index (κ3) is 1.61. The van der Waals surface area contributed by atoms with E-state index in [9.17, 15) is 0 Å². The Balaban J connectivity index is 2.61. The molecule has 0 N–H and O–H groups in total. The number of hydrogen-bond acceptors (Lipinski definition) is 1. The van der Waals surface area contributed by atoms with E-state index in [1.54, 1.807) is 0 Å². The van der Waals surface area contributed by atoms with Gasteiger partial charge in [0.15, 0.2) is 0 Å². The van der Waals surface area contributed by atoms with Crippen LogP contribution in [0.2, 0.25) is 0 Å². The van der Waals surface area contributed by atoms with E-state index in [2.05, 4.69) is 50.4 Å². The van der Waals surface area contributed by atoms with Crippen LogP contribution in [-0.2, 0) is 5.41 Å². The molecule has 0 aliphatic rings. The van der Waals surface area contributed by atoms with Crippen molar-refractivity contribution >= 4 is 21.4 Å². The van der Waals surface area contributed by atoms with E-state index >= 15 is 0 Å². The van der Waals surface area contributed by atoms with Gasteiger partial charge >= 0.3 is 0 Å². The molecule has 0 aliphatic heterocycles. The molecule has 0 bridgehead atoms. The van der Waals surface area contributed by atoms with Crippen molar-refractivity contribution in [3.05, 3.63) is 35.2 Å². The van der Waals surface area contributed by atoms with E-state index in [0.717, 1.165) is 0 Å². The summed E-state index contributed by atoms with van der Waals surface area (Å²) in [4.78, 5) is 0. The Morgan fingerprint density at radius 2 is 1.85 bits per heavy atom. The number of hydrogen-bond donors (Lipinski definition) is 0. The SMILES string of the molecule is CC(C)(C)c1ccc2ccsc2c1. The van der Waals surface area contributed by atoms with Gasteiger partial charge < -0.3 is 0 Å². The zero-order chi connectivity index (χ0) is 9.47. The van der Waals surface area contributed by atoms with Crippen molar-refractivity contribution in [2.75, 3.05) is 0 Å². The van der Waals surface area contributed by atoms with Crippen LogP contribution in [0.3, 0.4) is 0 Å². The second-order valence-corrected chi connectivity index (χ2v) is 5.37. The summed E-state index contributed by atoms with van der Waals surface area (Å²) < 4.78 is 1.40. The van der Waals surface area contributed by atoms with E-state index in [1.165, 1.54) is 15.6 Å². The average Bonchev–Trinajstić information content (AvgIpc) is 2.47. The van der Waals surface area contributed by atoms with Gasteiger partial charge in [0.2, 0.25) is 0 Å². The molecule has 0 radical (unpaired) electrons. The molecular formula is C12H14S. The molecule has 2 rings (SSSR count). The van der Waals surface area contributed by atoms with Gasteiger partial charge in [-0.1, -0.05) is 32.9 Å². The van der Waals surface area contributed by atoms with Crippen molar-refractivity contribution in [1.82, 2.24) is 0 Å². The largest absolute Gasteiger partial charge is 0.144 e. The average molecular weight is 190 g/mol. The van der Waals surface area contributed by atoms with Crippen LogP contribution in [0, 0.1) is 0 Å². The Bertz CT molecular complexity index is 418. The lowest BCUT2D eigenvalue weighted by atomic mass is 9.87. The highest BCUT2D eigenvalue weighted by atomic mass is 32.1. The summed E-state index contributed by atoms with van der Waals surface area (Å²) in [5, 5.41) is 3.51. The molecule has 1 aromatic heterocycles. The van der Waals surface area contributed by atoms with Gasteiger partial charge in [0, 0.05) is 4.70 Å². The van der Waals surface area contributed by atoms with E-state index in [4.69, 9.17) is 0 Å². The lowest BCUT2D eigenvalue weighted by Crippen LogP contribution is -2.10. The molecule has 1 aromatic carbocycles. The fourth-order valence-corrected chi connectivity index (χ4v) is 2.25. The molecule has 0 atom stereocenters. The second-order valence-electron chi connectivity index (χ2n) is 4.42. The summed E-state index contributed by atoms with van der Waals surface area (Å²) in [6.45, 7) is 6.76. The maximum atomic E-state index is 2.31. The number of benzene rings is 1. The van der Waals surface area contributed by atoms with Gasteiger partial charge in [0.1, 0.15) is 0 Å².